The number of nitrogens with two attached hydrogens (primary N) is 1. The van der Waals surface area contributed by atoms with Crippen molar-refractivity contribution < 1.29 is 4.79 Å². The van der Waals surface area contributed by atoms with E-state index in [1.165, 1.54) is 37.0 Å². The summed E-state index contributed by atoms with van der Waals surface area (Å²) in [5.41, 5.74) is 6.05. The highest BCUT2D eigenvalue weighted by atomic mass is 32.1. The lowest BCUT2D eigenvalue weighted by Gasteiger charge is -2.15. The number of rotatable bonds is 7. The van der Waals surface area contributed by atoms with E-state index in [1.807, 2.05) is 5.38 Å². The Hall–Kier alpha value is -0.940. The van der Waals surface area contributed by atoms with Gasteiger partial charge in [-0.15, -0.1) is 11.3 Å². The molecule has 0 unspecified atom stereocenters. The highest BCUT2D eigenvalue weighted by Gasteiger charge is 2.41. The third kappa shape index (κ3) is 3.34. The number of carbonyl (C=O) groups is 1. The van der Waals surface area contributed by atoms with Gasteiger partial charge in [0.15, 0.2) is 0 Å². The maximum Gasteiger partial charge on any atom is 0.270 e. The minimum Gasteiger partial charge on any atom is -0.350 e. The largest absolute Gasteiger partial charge is 0.350 e. The third-order valence-corrected chi connectivity index (χ3v) is 5.00. The fourth-order valence-corrected chi connectivity index (χ4v) is 3.52. The summed E-state index contributed by atoms with van der Waals surface area (Å²) in [5, 5.41) is 5.86. The highest BCUT2D eigenvalue weighted by Crippen LogP contribution is 2.48. The predicted molar refractivity (Wildman–Crippen MR) is 76.1 cm³/mol. The Labute approximate surface area is 117 Å². The monoisotopic (exact) mass is 279 g/mol. The summed E-state index contributed by atoms with van der Waals surface area (Å²) in [5.74, 6) is 2.43. The summed E-state index contributed by atoms with van der Waals surface area (Å²) in [4.78, 5) is 16.4. The minimum absolute atomic E-state index is 0.0224. The summed E-state index contributed by atoms with van der Waals surface area (Å²) < 4.78 is 0. The number of nitrogens with one attached hydrogen (secondary N) is 1. The maximum absolute atomic E-state index is 12.1. The van der Waals surface area contributed by atoms with Crippen LogP contribution >= 0.6 is 11.3 Å². The molecule has 1 amide bonds. The zero-order valence-corrected chi connectivity index (χ0v) is 11.9. The summed E-state index contributed by atoms with van der Waals surface area (Å²) in [7, 11) is 0. The topological polar surface area (TPSA) is 68.0 Å². The van der Waals surface area contributed by atoms with Crippen molar-refractivity contribution in [3.8, 4) is 0 Å². The van der Waals surface area contributed by atoms with E-state index >= 15 is 0 Å². The van der Waals surface area contributed by atoms with Crippen LogP contribution in [0.4, 0.5) is 0 Å². The van der Waals surface area contributed by atoms with Gasteiger partial charge in [0.05, 0.1) is 5.01 Å². The quantitative estimate of drug-likeness (QED) is 0.800. The first-order valence-corrected chi connectivity index (χ1v) is 8.08. The molecule has 0 atom stereocenters. The van der Waals surface area contributed by atoms with Gasteiger partial charge < -0.3 is 11.1 Å². The van der Waals surface area contributed by atoms with Crippen LogP contribution < -0.4 is 11.1 Å². The van der Waals surface area contributed by atoms with Crippen molar-refractivity contribution in [3.05, 3.63) is 16.1 Å². The van der Waals surface area contributed by atoms with E-state index in [9.17, 15) is 4.79 Å². The molecule has 0 radical (unpaired) electrons. The smallest absolute Gasteiger partial charge is 0.270 e. The number of hydrogen-bond donors (Lipinski definition) is 2. The molecule has 19 heavy (non-hydrogen) atoms. The molecule has 2 fully saturated rings. The third-order valence-electron chi connectivity index (χ3n) is 4.10. The second kappa shape index (κ2) is 5.59. The molecule has 1 aromatic heterocycles. The van der Waals surface area contributed by atoms with E-state index in [0.29, 0.717) is 18.2 Å². The molecular weight excluding hydrogens is 258 g/mol. The van der Waals surface area contributed by atoms with Crippen molar-refractivity contribution in [1.82, 2.24) is 10.3 Å². The van der Waals surface area contributed by atoms with Crippen molar-refractivity contribution >= 4 is 17.2 Å². The fraction of sp³-hybridized carbons (Fsp3) is 0.714. The van der Waals surface area contributed by atoms with E-state index in [4.69, 9.17) is 5.73 Å². The molecule has 1 heterocycles. The van der Waals surface area contributed by atoms with Crippen molar-refractivity contribution in [1.29, 1.82) is 0 Å². The Morgan fingerprint density at radius 3 is 2.68 bits per heavy atom. The number of hydrogen-bond acceptors (Lipinski definition) is 4. The molecule has 104 valence electrons. The van der Waals surface area contributed by atoms with Crippen LogP contribution in [0.3, 0.4) is 0 Å². The van der Waals surface area contributed by atoms with Crippen molar-refractivity contribution in [2.24, 2.45) is 23.5 Å². The normalized spacial score (nSPS) is 18.8. The number of nitrogens with zero attached hydrogens (tertiary/aromatic N) is 1. The molecular formula is C14H21N3OS. The number of aromatic nitrogens is 1. The van der Waals surface area contributed by atoms with Crippen LogP contribution in [-0.2, 0) is 6.42 Å². The van der Waals surface area contributed by atoms with Gasteiger partial charge in [-0.3, -0.25) is 4.79 Å². The summed E-state index contributed by atoms with van der Waals surface area (Å²) in [6.45, 7) is 1.41. The van der Waals surface area contributed by atoms with Crippen molar-refractivity contribution in [2.45, 2.75) is 32.1 Å². The molecule has 2 aliphatic carbocycles. The number of amides is 1. The van der Waals surface area contributed by atoms with Gasteiger partial charge in [-0.1, -0.05) is 0 Å². The van der Waals surface area contributed by atoms with E-state index in [2.05, 4.69) is 10.3 Å². The van der Waals surface area contributed by atoms with Crippen molar-refractivity contribution in [2.75, 3.05) is 13.1 Å². The zero-order chi connectivity index (χ0) is 13.2. The molecule has 1 aromatic rings. The van der Waals surface area contributed by atoms with Crippen LogP contribution in [0.1, 0.15) is 41.2 Å². The van der Waals surface area contributed by atoms with Gasteiger partial charge in [0.2, 0.25) is 0 Å². The number of carbonyl (C=O) groups excluding carboxylic acids is 1. The van der Waals surface area contributed by atoms with Crippen LogP contribution in [0, 0.1) is 17.8 Å². The Kier molecular flexibility index (Phi) is 3.84. The predicted octanol–water partition coefficient (Wildman–Crippen LogP) is 1.81. The van der Waals surface area contributed by atoms with E-state index < -0.39 is 0 Å². The Morgan fingerprint density at radius 1 is 1.42 bits per heavy atom. The zero-order valence-electron chi connectivity index (χ0n) is 11.1. The van der Waals surface area contributed by atoms with Crippen LogP contribution in [0.25, 0.3) is 0 Å². The number of thiazole rings is 1. The lowest BCUT2D eigenvalue weighted by molar-refractivity contribution is 0.0939. The van der Waals surface area contributed by atoms with E-state index in [0.717, 1.165) is 29.8 Å². The van der Waals surface area contributed by atoms with Gasteiger partial charge in [0, 0.05) is 18.3 Å². The maximum atomic E-state index is 12.1. The first-order chi connectivity index (χ1) is 9.28. The average Bonchev–Trinajstić information content (AvgIpc) is 3.31. The van der Waals surface area contributed by atoms with E-state index in [-0.39, 0.29) is 5.91 Å². The molecule has 0 saturated heterocycles. The van der Waals surface area contributed by atoms with Gasteiger partial charge in [-0.25, -0.2) is 4.98 Å². The second-order valence-electron chi connectivity index (χ2n) is 5.71. The molecule has 2 aliphatic rings. The molecule has 0 bridgehead atoms. The van der Waals surface area contributed by atoms with Crippen LogP contribution in [0.2, 0.25) is 0 Å². The summed E-state index contributed by atoms with van der Waals surface area (Å²) in [6.07, 6.45) is 6.18. The lowest BCUT2D eigenvalue weighted by Crippen LogP contribution is -2.31. The molecule has 3 rings (SSSR count). The second-order valence-corrected chi connectivity index (χ2v) is 6.66. The molecule has 4 nitrogen and oxygen atoms in total. The van der Waals surface area contributed by atoms with Gasteiger partial charge in [-0.2, -0.15) is 0 Å². The van der Waals surface area contributed by atoms with Crippen LogP contribution in [-0.4, -0.2) is 24.0 Å². The Balaban J connectivity index is 1.51. The molecule has 2 saturated carbocycles. The van der Waals surface area contributed by atoms with E-state index in [1.54, 1.807) is 0 Å². The van der Waals surface area contributed by atoms with Crippen molar-refractivity contribution in [3.63, 3.8) is 0 Å². The van der Waals surface area contributed by atoms with Gasteiger partial charge in [-0.05, 0) is 50.0 Å². The SMILES string of the molecule is NCCc1nc(C(=O)NCC(C2CC2)C2CC2)cs1. The first-order valence-electron chi connectivity index (χ1n) is 7.20. The average molecular weight is 279 g/mol. The highest BCUT2D eigenvalue weighted by molar-refractivity contribution is 7.09. The van der Waals surface area contributed by atoms with Gasteiger partial charge in [0.1, 0.15) is 5.69 Å². The summed E-state index contributed by atoms with van der Waals surface area (Å²) in [6, 6.07) is 0. The van der Waals surface area contributed by atoms with Crippen LogP contribution in [0.15, 0.2) is 5.38 Å². The Morgan fingerprint density at radius 2 is 2.11 bits per heavy atom. The summed E-state index contributed by atoms with van der Waals surface area (Å²) >= 11 is 1.52. The van der Waals surface area contributed by atoms with Gasteiger partial charge in [0.25, 0.3) is 5.91 Å². The molecule has 3 N–H and O–H groups in total. The van der Waals surface area contributed by atoms with Crippen LogP contribution in [0.5, 0.6) is 0 Å². The molecule has 0 spiro atoms. The molecule has 0 aliphatic heterocycles. The standard InChI is InChI=1S/C14H21N3OS/c15-6-5-13-17-12(8-19-13)14(18)16-7-11(9-1-2-9)10-3-4-10/h8-11H,1-7,15H2,(H,16,18). The molecule has 0 aromatic carbocycles. The molecule has 5 heteroatoms. The minimum atomic E-state index is -0.0224. The fourth-order valence-electron chi connectivity index (χ4n) is 2.72. The lowest BCUT2D eigenvalue weighted by atomic mass is 9.98. The van der Waals surface area contributed by atoms with Gasteiger partial charge >= 0.3 is 0 Å². The first kappa shape index (κ1) is 13.1. The Bertz CT molecular complexity index is 439.